The predicted octanol–water partition coefficient (Wildman–Crippen LogP) is 3.34. The lowest BCUT2D eigenvalue weighted by Gasteiger charge is -2.47. The average Bonchev–Trinajstić information content (AvgIpc) is 2.30. The van der Waals surface area contributed by atoms with E-state index in [-0.39, 0.29) is 17.3 Å². The van der Waals surface area contributed by atoms with Crippen LogP contribution in [0.2, 0.25) is 0 Å². The van der Waals surface area contributed by atoms with Gasteiger partial charge in [-0.15, -0.1) is 0 Å². The van der Waals surface area contributed by atoms with Crippen molar-refractivity contribution in [2.75, 3.05) is 11.4 Å². The maximum atomic E-state index is 12.9. The number of nitrogens with zero attached hydrogens (tertiary/aromatic N) is 2. The van der Waals surface area contributed by atoms with E-state index in [1.165, 1.54) is 12.1 Å². The Hall–Kier alpha value is -1.56. The van der Waals surface area contributed by atoms with Gasteiger partial charge in [-0.1, -0.05) is 0 Å². The Kier molecular flexibility index (Phi) is 3.06. The van der Waals surface area contributed by atoms with Crippen molar-refractivity contribution in [3.63, 3.8) is 0 Å². The second-order valence-corrected chi connectivity index (χ2v) is 5.11. The fourth-order valence-electron chi connectivity index (χ4n) is 2.59. The van der Waals surface area contributed by atoms with Crippen molar-refractivity contribution >= 4 is 5.69 Å². The molecule has 90 valence electrons. The number of halogens is 1. The minimum Gasteiger partial charge on any atom is -0.365 e. The van der Waals surface area contributed by atoms with Gasteiger partial charge in [0.2, 0.25) is 0 Å². The molecule has 0 amide bonds. The van der Waals surface area contributed by atoms with Crippen LogP contribution < -0.4 is 4.90 Å². The van der Waals surface area contributed by atoms with Crippen molar-refractivity contribution in [2.24, 2.45) is 5.92 Å². The quantitative estimate of drug-likeness (QED) is 0.742. The van der Waals surface area contributed by atoms with E-state index in [2.05, 4.69) is 24.8 Å². The second-order valence-electron chi connectivity index (χ2n) is 5.11. The molecule has 0 radical (unpaired) electrons. The summed E-state index contributed by atoms with van der Waals surface area (Å²) in [6, 6.07) is 8.91. The number of anilines is 1. The van der Waals surface area contributed by atoms with Gasteiger partial charge in [-0.25, -0.2) is 4.39 Å². The van der Waals surface area contributed by atoms with Gasteiger partial charge in [0, 0.05) is 12.2 Å². The van der Waals surface area contributed by atoms with E-state index < -0.39 is 0 Å². The molecule has 1 aliphatic heterocycles. The first-order chi connectivity index (χ1) is 8.05. The molecule has 2 nitrogen and oxygen atoms in total. The molecule has 1 fully saturated rings. The minimum atomic E-state index is -0.222. The molecule has 0 saturated carbocycles. The third-order valence-electron chi connectivity index (χ3n) is 3.72. The third kappa shape index (κ3) is 2.12. The smallest absolute Gasteiger partial charge is 0.123 e. The predicted molar refractivity (Wildman–Crippen MR) is 66.2 cm³/mol. The molecule has 2 rings (SSSR count). The van der Waals surface area contributed by atoms with Gasteiger partial charge in [0.15, 0.2) is 0 Å². The summed E-state index contributed by atoms with van der Waals surface area (Å²) in [6.45, 7) is 5.10. The summed E-state index contributed by atoms with van der Waals surface area (Å²) in [5.74, 6) is -0.193. The Morgan fingerprint density at radius 2 is 2.00 bits per heavy atom. The molecular weight excluding hydrogens is 215 g/mol. The molecule has 1 aromatic rings. The molecule has 1 atom stereocenters. The van der Waals surface area contributed by atoms with Gasteiger partial charge in [-0.2, -0.15) is 5.26 Å². The van der Waals surface area contributed by atoms with Crippen LogP contribution in [0.5, 0.6) is 0 Å². The van der Waals surface area contributed by atoms with Gasteiger partial charge in [-0.05, 0) is 51.0 Å². The van der Waals surface area contributed by atoms with E-state index in [0.29, 0.717) is 0 Å². The van der Waals surface area contributed by atoms with Gasteiger partial charge in [0.05, 0.1) is 17.5 Å². The zero-order valence-electron chi connectivity index (χ0n) is 10.3. The van der Waals surface area contributed by atoms with E-state index >= 15 is 0 Å². The highest BCUT2D eigenvalue weighted by atomic mass is 19.1. The van der Waals surface area contributed by atoms with Crippen LogP contribution in [-0.2, 0) is 0 Å². The number of nitriles is 1. The molecule has 1 saturated heterocycles. The molecule has 1 heterocycles. The lowest BCUT2D eigenvalue weighted by Crippen LogP contribution is -2.53. The average molecular weight is 232 g/mol. The molecule has 1 aliphatic rings. The maximum Gasteiger partial charge on any atom is 0.123 e. The lowest BCUT2D eigenvalue weighted by molar-refractivity contribution is 0.292. The van der Waals surface area contributed by atoms with Gasteiger partial charge in [-0.3, -0.25) is 0 Å². The molecular formula is C14H17FN2. The van der Waals surface area contributed by atoms with Crippen LogP contribution in [-0.4, -0.2) is 12.1 Å². The van der Waals surface area contributed by atoms with Crippen LogP contribution in [0, 0.1) is 23.1 Å². The van der Waals surface area contributed by atoms with Gasteiger partial charge < -0.3 is 4.90 Å². The topological polar surface area (TPSA) is 27.0 Å². The van der Waals surface area contributed by atoms with E-state index in [4.69, 9.17) is 0 Å². The number of piperidine rings is 1. The van der Waals surface area contributed by atoms with Gasteiger partial charge in [0.1, 0.15) is 5.82 Å². The Morgan fingerprint density at radius 1 is 1.35 bits per heavy atom. The van der Waals surface area contributed by atoms with Crippen LogP contribution in [0.25, 0.3) is 0 Å². The SMILES string of the molecule is CC1(C)C(C#N)CCCN1c1ccc(F)cc1. The summed E-state index contributed by atoms with van der Waals surface area (Å²) in [4.78, 5) is 2.21. The van der Waals surface area contributed by atoms with Crippen molar-refractivity contribution in [3.8, 4) is 6.07 Å². The monoisotopic (exact) mass is 232 g/mol. The standard InChI is InChI=1S/C14H17FN2/c1-14(2)11(10-16)4-3-9-17(14)13-7-5-12(15)6-8-13/h5-8,11H,3-4,9H2,1-2H3. The Morgan fingerprint density at radius 3 is 2.59 bits per heavy atom. The van der Waals surface area contributed by atoms with Crippen molar-refractivity contribution in [1.82, 2.24) is 0 Å². The summed E-state index contributed by atoms with van der Waals surface area (Å²) in [7, 11) is 0. The molecule has 0 aliphatic carbocycles. The first kappa shape index (κ1) is 11.9. The van der Waals surface area contributed by atoms with E-state index in [1.807, 2.05) is 0 Å². The fourth-order valence-corrected chi connectivity index (χ4v) is 2.59. The van der Waals surface area contributed by atoms with Gasteiger partial charge in [0.25, 0.3) is 0 Å². The van der Waals surface area contributed by atoms with Crippen molar-refractivity contribution in [3.05, 3.63) is 30.1 Å². The first-order valence-electron chi connectivity index (χ1n) is 5.98. The maximum absolute atomic E-state index is 12.9. The fraction of sp³-hybridized carbons (Fsp3) is 0.500. The van der Waals surface area contributed by atoms with E-state index in [9.17, 15) is 9.65 Å². The van der Waals surface area contributed by atoms with Crippen LogP contribution in [0.15, 0.2) is 24.3 Å². The minimum absolute atomic E-state index is 0.0290. The van der Waals surface area contributed by atoms with E-state index in [0.717, 1.165) is 25.1 Å². The Bertz CT molecular complexity index is 431. The zero-order chi connectivity index (χ0) is 12.5. The normalized spacial score (nSPS) is 23.2. The number of hydrogen-bond acceptors (Lipinski definition) is 2. The summed E-state index contributed by atoms with van der Waals surface area (Å²) in [5, 5.41) is 9.20. The summed E-state index contributed by atoms with van der Waals surface area (Å²) in [6.07, 6.45) is 1.96. The first-order valence-corrected chi connectivity index (χ1v) is 5.98. The second kappa shape index (κ2) is 4.37. The zero-order valence-corrected chi connectivity index (χ0v) is 10.3. The highest BCUT2D eigenvalue weighted by Gasteiger charge is 2.38. The van der Waals surface area contributed by atoms with Crippen molar-refractivity contribution < 1.29 is 4.39 Å². The van der Waals surface area contributed by atoms with Crippen LogP contribution >= 0.6 is 0 Å². The summed E-state index contributed by atoms with van der Waals surface area (Å²) in [5.41, 5.74) is 0.807. The molecule has 0 spiro atoms. The van der Waals surface area contributed by atoms with Crippen LogP contribution in [0.4, 0.5) is 10.1 Å². The van der Waals surface area contributed by atoms with Crippen LogP contribution in [0.1, 0.15) is 26.7 Å². The number of hydrogen-bond donors (Lipinski definition) is 0. The molecule has 0 bridgehead atoms. The van der Waals surface area contributed by atoms with Crippen molar-refractivity contribution in [1.29, 1.82) is 5.26 Å². The molecule has 17 heavy (non-hydrogen) atoms. The summed E-state index contributed by atoms with van der Waals surface area (Å²) < 4.78 is 12.9. The molecule has 0 N–H and O–H groups in total. The lowest BCUT2D eigenvalue weighted by atomic mass is 9.79. The largest absolute Gasteiger partial charge is 0.365 e. The van der Waals surface area contributed by atoms with Crippen LogP contribution in [0.3, 0.4) is 0 Å². The van der Waals surface area contributed by atoms with Gasteiger partial charge >= 0.3 is 0 Å². The Labute approximate surface area is 102 Å². The van der Waals surface area contributed by atoms with E-state index in [1.54, 1.807) is 12.1 Å². The third-order valence-corrected chi connectivity index (χ3v) is 3.72. The Balaban J connectivity index is 2.31. The number of rotatable bonds is 1. The van der Waals surface area contributed by atoms with Crippen molar-refractivity contribution in [2.45, 2.75) is 32.2 Å². The molecule has 1 aromatic carbocycles. The molecule has 3 heteroatoms. The summed E-state index contributed by atoms with van der Waals surface area (Å²) >= 11 is 0. The highest BCUT2D eigenvalue weighted by Crippen LogP contribution is 2.36. The highest BCUT2D eigenvalue weighted by molar-refractivity contribution is 5.50. The molecule has 1 unspecified atom stereocenters. The molecule has 0 aromatic heterocycles. The number of benzene rings is 1.